The summed E-state index contributed by atoms with van der Waals surface area (Å²) in [6.07, 6.45) is 7.91. The molecule has 1 aliphatic carbocycles. The summed E-state index contributed by atoms with van der Waals surface area (Å²) in [6.45, 7) is 0.635. The molecule has 36 heavy (non-hydrogen) atoms. The van der Waals surface area contributed by atoms with Gasteiger partial charge in [0.05, 0.1) is 12.5 Å². The monoisotopic (exact) mass is 479 g/mol. The van der Waals surface area contributed by atoms with Gasteiger partial charge >= 0.3 is 0 Å². The van der Waals surface area contributed by atoms with E-state index in [-0.39, 0.29) is 11.9 Å². The molecular formula is C30H29N3O3. The minimum absolute atomic E-state index is 0.0141. The molecule has 0 fully saturated rings. The summed E-state index contributed by atoms with van der Waals surface area (Å²) < 4.78 is 0. The van der Waals surface area contributed by atoms with E-state index in [9.17, 15) is 9.59 Å². The number of H-pyrrole nitrogens is 1. The van der Waals surface area contributed by atoms with E-state index in [0.29, 0.717) is 13.0 Å². The maximum atomic E-state index is 13.6. The number of rotatable bonds is 8. The van der Waals surface area contributed by atoms with Gasteiger partial charge in [-0.15, -0.1) is 0 Å². The summed E-state index contributed by atoms with van der Waals surface area (Å²) >= 11 is 0. The van der Waals surface area contributed by atoms with Crippen molar-refractivity contribution in [1.82, 2.24) is 15.4 Å². The molecule has 0 bridgehead atoms. The molecule has 0 saturated carbocycles. The minimum Gasteiger partial charge on any atom is -0.361 e. The molecule has 182 valence electrons. The van der Waals surface area contributed by atoms with Crippen LogP contribution in [0, 0.1) is 0 Å². The Labute approximate surface area is 210 Å². The van der Waals surface area contributed by atoms with Gasteiger partial charge in [0.15, 0.2) is 0 Å². The Balaban J connectivity index is 1.40. The lowest BCUT2D eigenvalue weighted by atomic mass is 10.0. The van der Waals surface area contributed by atoms with Crippen LogP contribution in [0.2, 0.25) is 0 Å². The lowest BCUT2D eigenvalue weighted by molar-refractivity contribution is -0.133. The Morgan fingerprint density at radius 2 is 1.86 bits per heavy atom. The van der Waals surface area contributed by atoms with Crippen molar-refractivity contribution in [1.29, 1.82) is 0 Å². The Morgan fingerprint density at radius 3 is 2.69 bits per heavy atom. The van der Waals surface area contributed by atoms with Crippen LogP contribution in [-0.4, -0.2) is 33.5 Å². The van der Waals surface area contributed by atoms with Crippen molar-refractivity contribution in [2.75, 3.05) is 6.54 Å². The molecule has 6 heteroatoms. The third-order valence-electron chi connectivity index (χ3n) is 6.94. The number of carbonyl (C=O) groups excluding carboxylic acids is 2. The third-order valence-corrected chi connectivity index (χ3v) is 6.94. The molecule has 0 spiro atoms. The molecule has 1 aliphatic rings. The van der Waals surface area contributed by atoms with Crippen molar-refractivity contribution in [3.63, 3.8) is 0 Å². The van der Waals surface area contributed by atoms with Crippen molar-refractivity contribution < 1.29 is 14.8 Å². The number of hydroxylamine groups is 1. The molecule has 0 saturated heterocycles. The van der Waals surface area contributed by atoms with Gasteiger partial charge in [-0.2, -0.15) is 0 Å². The number of aromatic amines is 1. The predicted molar refractivity (Wildman–Crippen MR) is 140 cm³/mol. The van der Waals surface area contributed by atoms with Crippen LogP contribution in [0.4, 0.5) is 0 Å². The Bertz CT molecular complexity index is 1410. The van der Waals surface area contributed by atoms with Crippen molar-refractivity contribution in [2.45, 2.75) is 31.7 Å². The zero-order chi connectivity index (χ0) is 24.9. The Morgan fingerprint density at radius 1 is 1.06 bits per heavy atom. The maximum Gasteiger partial charge on any atom is 0.267 e. The number of para-hydroxylation sites is 1. The second-order valence-electron chi connectivity index (χ2n) is 9.18. The van der Waals surface area contributed by atoms with E-state index < -0.39 is 5.91 Å². The van der Waals surface area contributed by atoms with Gasteiger partial charge in [0, 0.05) is 29.7 Å². The molecule has 2 amide bonds. The topological polar surface area (TPSA) is 85.4 Å². The van der Waals surface area contributed by atoms with E-state index in [1.807, 2.05) is 54.7 Å². The molecule has 3 aromatic carbocycles. The normalized spacial score (nSPS) is 14.8. The fraction of sp³-hybridized carbons (Fsp3) is 0.200. The number of benzene rings is 3. The quantitative estimate of drug-likeness (QED) is 0.189. The predicted octanol–water partition coefficient (Wildman–Crippen LogP) is 4.99. The van der Waals surface area contributed by atoms with Gasteiger partial charge in [-0.25, -0.2) is 5.48 Å². The molecule has 1 heterocycles. The van der Waals surface area contributed by atoms with E-state index in [4.69, 9.17) is 5.21 Å². The summed E-state index contributed by atoms with van der Waals surface area (Å²) in [6, 6.07) is 24.3. The van der Waals surface area contributed by atoms with Crippen molar-refractivity contribution in [3.8, 4) is 0 Å². The molecule has 1 aromatic heterocycles. The van der Waals surface area contributed by atoms with Gasteiger partial charge in [-0.3, -0.25) is 14.8 Å². The number of hydrogen-bond donors (Lipinski definition) is 3. The van der Waals surface area contributed by atoms with E-state index >= 15 is 0 Å². The van der Waals surface area contributed by atoms with Crippen LogP contribution in [-0.2, 0) is 28.9 Å². The van der Waals surface area contributed by atoms with Gasteiger partial charge in [-0.1, -0.05) is 66.7 Å². The number of nitrogens with zero attached hydrogens (tertiary/aromatic N) is 1. The number of nitrogens with one attached hydrogen (secondary N) is 2. The molecule has 0 aliphatic heterocycles. The fourth-order valence-electron chi connectivity index (χ4n) is 5.16. The summed E-state index contributed by atoms with van der Waals surface area (Å²) in [5.74, 6) is -0.439. The van der Waals surface area contributed by atoms with Gasteiger partial charge in [-0.05, 0) is 59.2 Å². The van der Waals surface area contributed by atoms with Crippen molar-refractivity contribution >= 4 is 28.8 Å². The summed E-state index contributed by atoms with van der Waals surface area (Å²) in [7, 11) is 0. The van der Waals surface area contributed by atoms with E-state index in [2.05, 4.69) is 34.1 Å². The van der Waals surface area contributed by atoms with Crippen LogP contribution in [0.1, 0.15) is 40.3 Å². The molecule has 5 rings (SSSR count). The number of hydrogen-bond acceptors (Lipinski definition) is 3. The molecule has 6 nitrogen and oxygen atoms in total. The fourth-order valence-corrected chi connectivity index (χ4v) is 5.16. The highest BCUT2D eigenvalue weighted by Gasteiger charge is 2.31. The number of aromatic nitrogens is 1. The summed E-state index contributed by atoms with van der Waals surface area (Å²) in [4.78, 5) is 30.4. The second kappa shape index (κ2) is 10.6. The SMILES string of the molecule is O=C(/C=C/c1ccc2c(c1)CCC2N(CCc1c[nH]c2ccccc12)C(=O)Cc1ccccc1)NO. The first-order chi connectivity index (χ1) is 17.6. The van der Waals surface area contributed by atoms with E-state index in [0.717, 1.165) is 35.9 Å². The number of aryl methyl sites for hydroxylation is 1. The summed E-state index contributed by atoms with van der Waals surface area (Å²) in [5.41, 5.74) is 8.19. The van der Waals surface area contributed by atoms with E-state index in [1.165, 1.54) is 28.2 Å². The van der Waals surface area contributed by atoms with E-state index in [1.54, 1.807) is 11.6 Å². The molecule has 1 atom stereocenters. The number of fused-ring (bicyclic) bond motifs is 2. The van der Waals surface area contributed by atoms with Crippen molar-refractivity contribution in [2.24, 2.45) is 0 Å². The van der Waals surface area contributed by atoms with Crippen LogP contribution >= 0.6 is 0 Å². The zero-order valence-corrected chi connectivity index (χ0v) is 20.0. The lowest BCUT2D eigenvalue weighted by Gasteiger charge is -2.30. The minimum atomic E-state index is -0.566. The highest BCUT2D eigenvalue weighted by molar-refractivity contribution is 5.90. The first-order valence-corrected chi connectivity index (χ1v) is 12.3. The van der Waals surface area contributed by atoms with Crippen LogP contribution in [0.3, 0.4) is 0 Å². The lowest BCUT2D eigenvalue weighted by Crippen LogP contribution is -2.36. The van der Waals surface area contributed by atoms with Gasteiger partial charge in [0.1, 0.15) is 0 Å². The molecule has 3 N–H and O–H groups in total. The van der Waals surface area contributed by atoms with Crippen LogP contribution in [0.25, 0.3) is 17.0 Å². The third kappa shape index (κ3) is 5.09. The molecule has 4 aromatic rings. The standard InChI is InChI=1S/C30H29N3O3/c34-29(32-36)15-11-22-10-13-26-23(18-22)12-14-28(26)33(30(35)19-21-6-2-1-3-7-21)17-16-24-20-31-27-9-5-4-8-25(24)27/h1-11,13,15,18,20,28,31,36H,12,14,16-17,19H2,(H,32,34)/b15-11+. The maximum absolute atomic E-state index is 13.6. The Kier molecular flexibility index (Phi) is 6.96. The number of carbonyl (C=O) groups is 2. The van der Waals surface area contributed by atoms with Gasteiger partial charge in [0.2, 0.25) is 5.91 Å². The smallest absolute Gasteiger partial charge is 0.267 e. The van der Waals surface area contributed by atoms with Gasteiger partial charge < -0.3 is 9.88 Å². The largest absolute Gasteiger partial charge is 0.361 e. The van der Waals surface area contributed by atoms with Crippen LogP contribution in [0.15, 0.2) is 85.1 Å². The highest BCUT2D eigenvalue weighted by Crippen LogP contribution is 2.37. The summed E-state index contributed by atoms with van der Waals surface area (Å²) in [5, 5.41) is 9.91. The van der Waals surface area contributed by atoms with Gasteiger partial charge in [0.25, 0.3) is 5.91 Å². The first-order valence-electron chi connectivity index (χ1n) is 12.3. The van der Waals surface area contributed by atoms with Crippen LogP contribution in [0.5, 0.6) is 0 Å². The number of amides is 2. The molecule has 1 unspecified atom stereocenters. The van der Waals surface area contributed by atoms with Crippen molar-refractivity contribution in [3.05, 3.63) is 113 Å². The second-order valence-corrected chi connectivity index (χ2v) is 9.18. The van der Waals surface area contributed by atoms with Crippen LogP contribution < -0.4 is 5.48 Å². The average molecular weight is 480 g/mol. The molecular weight excluding hydrogens is 450 g/mol. The average Bonchev–Trinajstić information content (AvgIpc) is 3.52. The Hall–Kier alpha value is -4.16. The zero-order valence-electron chi connectivity index (χ0n) is 20.0. The first kappa shape index (κ1) is 23.6. The molecule has 0 radical (unpaired) electrons. The highest BCUT2D eigenvalue weighted by atomic mass is 16.5.